The number of likely N-dealkylation sites (tertiary alicyclic amines) is 1. The molecule has 1 aliphatic heterocycles. The minimum absolute atomic E-state index is 0.0197. The molecule has 1 aliphatic rings. The smallest absolute Gasteiger partial charge is 0.255 e. The van der Waals surface area contributed by atoms with Crippen LogP contribution in [-0.2, 0) is 0 Å². The molecule has 0 spiro atoms. The number of hydrogen-bond donors (Lipinski definition) is 1. The van der Waals surface area contributed by atoms with Crippen molar-refractivity contribution in [2.24, 2.45) is 5.92 Å². The van der Waals surface area contributed by atoms with Gasteiger partial charge in [-0.15, -0.1) is 0 Å². The van der Waals surface area contributed by atoms with Crippen LogP contribution in [0.2, 0.25) is 0 Å². The second-order valence-electron chi connectivity index (χ2n) is 4.18. The van der Waals surface area contributed by atoms with Gasteiger partial charge < -0.3 is 10.0 Å². The van der Waals surface area contributed by atoms with Crippen molar-refractivity contribution in [3.63, 3.8) is 0 Å². The zero-order valence-corrected chi connectivity index (χ0v) is 9.17. The summed E-state index contributed by atoms with van der Waals surface area (Å²) in [5.74, 6) is 0.251. The van der Waals surface area contributed by atoms with Crippen molar-refractivity contribution < 1.29 is 9.90 Å². The maximum atomic E-state index is 12.1. The molecule has 4 heteroatoms. The minimum atomic E-state index is 0.0197. The van der Waals surface area contributed by atoms with Gasteiger partial charge in [-0.25, -0.2) is 0 Å². The number of rotatable bonds is 2. The first-order valence-corrected chi connectivity index (χ1v) is 5.61. The second kappa shape index (κ2) is 5.07. The minimum Gasteiger partial charge on any atom is -0.396 e. The van der Waals surface area contributed by atoms with Crippen molar-refractivity contribution in [2.45, 2.75) is 12.8 Å². The fourth-order valence-corrected chi connectivity index (χ4v) is 2.07. The van der Waals surface area contributed by atoms with Gasteiger partial charge in [-0.2, -0.15) is 0 Å². The van der Waals surface area contributed by atoms with Crippen LogP contribution in [-0.4, -0.2) is 40.6 Å². The molecule has 1 amide bonds. The third kappa shape index (κ3) is 2.39. The maximum Gasteiger partial charge on any atom is 0.255 e. The molecule has 0 bridgehead atoms. The van der Waals surface area contributed by atoms with Crippen molar-refractivity contribution in [1.29, 1.82) is 0 Å². The molecule has 1 atom stereocenters. The van der Waals surface area contributed by atoms with Crippen LogP contribution in [0.25, 0.3) is 0 Å². The van der Waals surface area contributed by atoms with Crippen LogP contribution in [0.5, 0.6) is 0 Å². The summed E-state index contributed by atoms with van der Waals surface area (Å²) in [6, 6.07) is 3.54. The Labute approximate surface area is 94.9 Å². The van der Waals surface area contributed by atoms with E-state index < -0.39 is 0 Å². The normalized spacial score (nSPS) is 20.8. The van der Waals surface area contributed by atoms with Crippen LogP contribution in [0.4, 0.5) is 0 Å². The van der Waals surface area contributed by atoms with E-state index in [1.165, 1.54) is 0 Å². The Morgan fingerprint density at radius 1 is 1.62 bits per heavy atom. The highest BCUT2D eigenvalue weighted by atomic mass is 16.3. The maximum absolute atomic E-state index is 12.1. The first kappa shape index (κ1) is 11.1. The zero-order valence-electron chi connectivity index (χ0n) is 9.17. The van der Waals surface area contributed by atoms with E-state index in [4.69, 9.17) is 5.11 Å². The molecule has 2 heterocycles. The number of hydrogen-bond acceptors (Lipinski definition) is 3. The first-order valence-electron chi connectivity index (χ1n) is 5.61. The molecule has 1 fully saturated rings. The summed E-state index contributed by atoms with van der Waals surface area (Å²) in [6.45, 7) is 1.60. The summed E-state index contributed by atoms with van der Waals surface area (Å²) in [4.78, 5) is 17.8. The lowest BCUT2D eigenvalue weighted by atomic mass is 9.98. The number of aliphatic hydroxyl groups excluding tert-OH is 1. The van der Waals surface area contributed by atoms with Crippen LogP contribution in [0.1, 0.15) is 23.2 Å². The molecule has 0 aliphatic carbocycles. The molecule has 1 aromatic heterocycles. The van der Waals surface area contributed by atoms with Gasteiger partial charge in [-0.3, -0.25) is 9.78 Å². The molecule has 0 saturated carbocycles. The van der Waals surface area contributed by atoms with Crippen LogP contribution in [0.3, 0.4) is 0 Å². The van der Waals surface area contributed by atoms with Gasteiger partial charge in [0, 0.05) is 32.1 Å². The summed E-state index contributed by atoms with van der Waals surface area (Å²) in [5.41, 5.74) is 0.626. The Hall–Kier alpha value is -1.42. The number of aromatic nitrogens is 1. The van der Waals surface area contributed by atoms with Gasteiger partial charge >= 0.3 is 0 Å². The highest BCUT2D eigenvalue weighted by Crippen LogP contribution is 2.17. The third-order valence-electron chi connectivity index (χ3n) is 2.97. The second-order valence-corrected chi connectivity index (χ2v) is 4.18. The Kier molecular flexibility index (Phi) is 3.51. The predicted molar refractivity (Wildman–Crippen MR) is 60.0 cm³/mol. The molecule has 0 aromatic carbocycles. The van der Waals surface area contributed by atoms with E-state index in [1.54, 1.807) is 29.4 Å². The van der Waals surface area contributed by atoms with Gasteiger partial charge in [0.05, 0.1) is 5.56 Å². The van der Waals surface area contributed by atoms with E-state index in [2.05, 4.69) is 4.98 Å². The van der Waals surface area contributed by atoms with E-state index in [9.17, 15) is 4.79 Å². The summed E-state index contributed by atoms with van der Waals surface area (Å²) in [5, 5.41) is 9.11. The number of aliphatic hydroxyl groups is 1. The van der Waals surface area contributed by atoms with Gasteiger partial charge in [-0.1, -0.05) is 0 Å². The number of pyridine rings is 1. The molecule has 1 aromatic rings. The van der Waals surface area contributed by atoms with Crippen molar-refractivity contribution >= 4 is 5.91 Å². The number of amides is 1. The van der Waals surface area contributed by atoms with Crippen LogP contribution in [0.15, 0.2) is 24.5 Å². The third-order valence-corrected chi connectivity index (χ3v) is 2.97. The molecular formula is C12H16N2O2. The van der Waals surface area contributed by atoms with Crippen molar-refractivity contribution in [1.82, 2.24) is 9.88 Å². The Morgan fingerprint density at radius 2 is 2.50 bits per heavy atom. The van der Waals surface area contributed by atoms with Gasteiger partial charge in [0.1, 0.15) is 0 Å². The van der Waals surface area contributed by atoms with E-state index in [-0.39, 0.29) is 18.4 Å². The molecule has 2 rings (SSSR count). The number of carbonyl (C=O) groups excluding carboxylic acids is 1. The lowest BCUT2D eigenvalue weighted by Gasteiger charge is -2.31. The SMILES string of the molecule is O=C(c1cccnc1)N1CCCC(CO)C1. The topological polar surface area (TPSA) is 53.4 Å². The Bertz CT molecular complexity index is 353. The fourth-order valence-electron chi connectivity index (χ4n) is 2.07. The monoisotopic (exact) mass is 220 g/mol. The highest BCUT2D eigenvalue weighted by Gasteiger charge is 2.23. The van der Waals surface area contributed by atoms with Crippen LogP contribution >= 0.6 is 0 Å². The standard InChI is InChI=1S/C12H16N2O2/c15-9-10-3-2-6-14(8-10)12(16)11-4-1-5-13-7-11/h1,4-5,7,10,15H,2-3,6,8-9H2. The van der Waals surface area contributed by atoms with E-state index in [0.717, 1.165) is 19.4 Å². The van der Waals surface area contributed by atoms with Gasteiger partial charge in [0.15, 0.2) is 0 Å². The summed E-state index contributed by atoms with van der Waals surface area (Å²) >= 11 is 0. The molecule has 16 heavy (non-hydrogen) atoms. The summed E-state index contributed by atoms with van der Waals surface area (Å²) in [7, 11) is 0. The fraction of sp³-hybridized carbons (Fsp3) is 0.500. The van der Waals surface area contributed by atoms with Gasteiger partial charge in [0.2, 0.25) is 0 Å². The van der Waals surface area contributed by atoms with Gasteiger partial charge in [0.25, 0.3) is 5.91 Å². The van der Waals surface area contributed by atoms with E-state index >= 15 is 0 Å². The number of carbonyl (C=O) groups is 1. The van der Waals surface area contributed by atoms with E-state index in [1.807, 2.05) is 0 Å². The number of piperidine rings is 1. The molecule has 4 nitrogen and oxygen atoms in total. The quantitative estimate of drug-likeness (QED) is 0.806. The molecule has 0 radical (unpaired) electrons. The van der Waals surface area contributed by atoms with Crippen LogP contribution in [0, 0.1) is 5.92 Å². The van der Waals surface area contributed by atoms with E-state index in [0.29, 0.717) is 12.1 Å². The lowest BCUT2D eigenvalue weighted by Crippen LogP contribution is -2.40. The molecule has 1 N–H and O–H groups in total. The van der Waals surface area contributed by atoms with Gasteiger partial charge in [-0.05, 0) is 30.9 Å². The lowest BCUT2D eigenvalue weighted by molar-refractivity contribution is 0.0620. The molecular weight excluding hydrogens is 204 g/mol. The average Bonchev–Trinajstić information content (AvgIpc) is 2.39. The summed E-state index contributed by atoms with van der Waals surface area (Å²) < 4.78 is 0. The zero-order chi connectivity index (χ0) is 11.4. The predicted octanol–water partition coefficient (Wildman–Crippen LogP) is 0.926. The Morgan fingerprint density at radius 3 is 3.19 bits per heavy atom. The largest absolute Gasteiger partial charge is 0.396 e. The van der Waals surface area contributed by atoms with Crippen molar-refractivity contribution in [3.8, 4) is 0 Å². The Balaban J connectivity index is 2.05. The molecule has 86 valence electrons. The van der Waals surface area contributed by atoms with Crippen molar-refractivity contribution in [2.75, 3.05) is 19.7 Å². The average molecular weight is 220 g/mol. The summed E-state index contributed by atoms with van der Waals surface area (Å²) in [6.07, 6.45) is 5.22. The highest BCUT2D eigenvalue weighted by molar-refractivity contribution is 5.93. The number of nitrogens with zero attached hydrogens (tertiary/aromatic N) is 2. The first-order chi connectivity index (χ1) is 7.81. The molecule has 1 unspecified atom stereocenters. The molecule has 1 saturated heterocycles. The van der Waals surface area contributed by atoms with Crippen LogP contribution < -0.4 is 0 Å². The van der Waals surface area contributed by atoms with Crippen molar-refractivity contribution in [3.05, 3.63) is 30.1 Å².